The van der Waals surface area contributed by atoms with Crippen LogP contribution in [0, 0.1) is 0 Å². The molecule has 1 rings (SSSR count). The number of ether oxygens (including phenoxy) is 1. The number of halogens is 1. The molecule has 16 heavy (non-hydrogen) atoms. The van der Waals surface area contributed by atoms with Crippen LogP contribution in [-0.4, -0.2) is 17.0 Å². The third kappa shape index (κ3) is 4.11. The molecular formula is C12H16ClNO2. The van der Waals surface area contributed by atoms with Gasteiger partial charge < -0.3 is 9.94 Å². The van der Waals surface area contributed by atoms with E-state index in [1.807, 2.05) is 12.1 Å². The van der Waals surface area contributed by atoms with E-state index in [9.17, 15) is 0 Å². The highest BCUT2D eigenvalue weighted by molar-refractivity contribution is 6.69. The first-order valence-corrected chi connectivity index (χ1v) is 5.76. The Bertz CT molecular complexity index is 335. The average molecular weight is 242 g/mol. The Hall–Kier alpha value is -1.22. The van der Waals surface area contributed by atoms with Crippen molar-refractivity contribution in [1.82, 2.24) is 0 Å². The molecule has 0 aliphatic heterocycles. The van der Waals surface area contributed by atoms with Crippen molar-refractivity contribution in [2.24, 2.45) is 5.16 Å². The van der Waals surface area contributed by atoms with Crippen molar-refractivity contribution in [3.8, 4) is 5.75 Å². The van der Waals surface area contributed by atoms with Crippen LogP contribution in [0.25, 0.3) is 0 Å². The Morgan fingerprint density at radius 2 is 2.00 bits per heavy atom. The van der Waals surface area contributed by atoms with E-state index in [2.05, 4.69) is 12.1 Å². The van der Waals surface area contributed by atoms with Crippen LogP contribution in [0.1, 0.15) is 31.7 Å². The molecule has 0 saturated heterocycles. The van der Waals surface area contributed by atoms with Crippen LogP contribution in [-0.2, 0) is 0 Å². The topological polar surface area (TPSA) is 41.8 Å². The highest BCUT2D eigenvalue weighted by atomic mass is 35.5. The molecule has 3 nitrogen and oxygen atoms in total. The summed E-state index contributed by atoms with van der Waals surface area (Å²) in [5.41, 5.74) is 0.671. The molecule has 88 valence electrons. The number of nitrogens with zero attached hydrogens (tertiary/aromatic N) is 1. The zero-order valence-corrected chi connectivity index (χ0v) is 10.1. The fourth-order valence-corrected chi connectivity index (χ4v) is 1.41. The zero-order chi connectivity index (χ0) is 11.8. The van der Waals surface area contributed by atoms with Gasteiger partial charge in [-0.1, -0.05) is 36.5 Å². The second kappa shape index (κ2) is 7.12. The van der Waals surface area contributed by atoms with E-state index >= 15 is 0 Å². The van der Waals surface area contributed by atoms with E-state index in [4.69, 9.17) is 21.5 Å². The lowest BCUT2D eigenvalue weighted by Crippen LogP contribution is -1.97. The largest absolute Gasteiger partial charge is 0.494 e. The lowest BCUT2D eigenvalue weighted by Gasteiger charge is -2.05. The molecule has 1 aromatic rings. The molecule has 0 spiro atoms. The van der Waals surface area contributed by atoms with Gasteiger partial charge in [0.1, 0.15) is 5.75 Å². The lowest BCUT2D eigenvalue weighted by atomic mass is 10.2. The van der Waals surface area contributed by atoms with E-state index in [1.54, 1.807) is 12.1 Å². The maximum Gasteiger partial charge on any atom is 0.175 e. The summed E-state index contributed by atoms with van der Waals surface area (Å²) in [5.74, 6) is 0.808. The molecule has 0 amide bonds. The van der Waals surface area contributed by atoms with E-state index in [1.165, 1.54) is 12.8 Å². The van der Waals surface area contributed by atoms with Gasteiger partial charge in [-0.15, -0.1) is 0 Å². The first kappa shape index (κ1) is 12.8. The summed E-state index contributed by atoms with van der Waals surface area (Å²) >= 11 is 5.65. The van der Waals surface area contributed by atoms with Crippen molar-refractivity contribution >= 4 is 16.8 Å². The van der Waals surface area contributed by atoms with E-state index in [-0.39, 0.29) is 5.17 Å². The molecular weight excluding hydrogens is 226 g/mol. The van der Waals surface area contributed by atoms with Crippen LogP contribution < -0.4 is 4.74 Å². The molecule has 0 aliphatic carbocycles. The smallest absolute Gasteiger partial charge is 0.175 e. The summed E-state index contributed by atoms with van der Waals surface area (Å²) in [6.07, 6.45) is 3.43. The zero-order valence-electron chi connectivity index (χ0n) is 9.32. The summed E-state index contributed by atoms with van der Waals surface area (Å²) in [7, 11) is 0. The lowest BCUT2D eigenvalue weighted by molar-refractivity contribution is 0.306. The fraction of sp³-hybridized carbons (Fsp3) is 0.417. The predicted octanol–water partition coefficient (Wildman–Crippen LogP) is 3.63. The van der Waals surface area contributed by atoms with Gasteiger partial charge in [0.15, 0.2) is 5.17 Å². The Balaban J connectivity index is 2.45. The molecule has 0 radical (unpaired) electrons. The quantitative estimate of drug-likeness (QED) is 0.358. The van der Waals surface area contributed by atoms with Gasteiger partial charge in [-0.25, -0.2) is 0 Å². The van der Waals surface area contributed by atoms with Crippen LogP contribution in [0.5, 0.6) is 5.75 Å². The first-order chi connectivity index (χ1) is 7.77. The number of rotatable bonds is 6. The number of unbranched alkanes of at least 4 members (excludes halogenated alkanes) is 2. The highest BCUT2D eigenvalue weighted by Gasteiger charge is 2.00. The molecule has 0 aromatic heterocycles. The van der Waals surface area contributed by atoms with Crippen molar-refractivity contribution in [3.63, 3.8) is 0 Å². The van der Waals surface area contributed by atoms with Gasteiger partial charge >= 0.3 is 0 Å². The van der Waals surface area contributed by atoms with Crippen molar-refractivity contribution in [1.29, 1.82) is 0 Å². The molecule has 0 aliphatic rings. The number of hydrogen-bond donors (Lipinski definition) is 1. The standard InChI is InChI=1S/C12H16ClNO2/c1-2-3-4-9-16-11-7-5-10(6-8-11)12(13)14-15/h5-8,15H,2-4,9H2,1H3. The molecule has 0 saturated carbocycles. The minimum absolute atomic E-state index is 0.0810. The Morgan fingerprint density at radius 3 is 2.56 bits per heavy atom. The van der Waals surface area contributed by atoms with Crippen LogP contribution in [0.3, 0.4) is 0 Å². The average Bonchev–Trinajstić information content (AvgIpc) is 2.34. The van der Waals surface area contributed by atoms with Gasteiger partial charge in [0.2, 0.25) is 0 Å². The van der Waals surface area contributed by atoms with Crippen LogP contribution >= 0.6 is 11.6 Å². The van der Waals surface area contributed by atoms with Crippen molar-refractivity contribution < 1.29 is 9.94 Å². The molecule has 1 N–H and O–H groups in total. The molecule has 0 atom stereocenters. The van der Waals surface area contributed by atoms with Crippen molar-refractivity contribution in [2.75, 3.05) is 6.61 Å². The van der Waals surface area contributed by atoms with E-state index in [0.717, 1.165) is 18.8 Å². The van der Waals surface area contributed by atoms with Crippen molar-refractivity contribution in [3.05, 3.63) is 29.8 Å². The predicted molar refractivity (Wildman–Crippen MR) is 65.6 cm³/mol. The van der Waals surface area contributed by atoms with Crippen LogP contribution in [0.4, 0.5) is 0 Å². The van der Waals surface area contributed by atoms with Gasteiger partial charge in [-0.3, -0.25) is 0 Å². The molecule has 1 aromatic carbocycles. The molecule has 0 heterocycles. The first-order valence-electron chi connectivity index (χ1n) is 5.38. The summed E-state index contributed by atoms with van der Waals surface area (Å²) in [6.45, 7) is 2.89. The summed E-state index contributed by atoms with van der Waals surface area (Å²) < 4.78 is 5.53. The number of oxime groups is 1. The van der Waals surface area contributed by atoms with Gasteiger partial charge in [0.25, 0.3) is 0 Å². The minimum atomic E-state index is 0.0810. The number of hydrogen-bond acceptors (Lipinski definition) is 3. The second-order valence-electron chi connectivity index (χ2n) is 3.47. The second-order valence-corrected chi connectivity index (χ2v) is 3.83. The van der Waals surface area contributed by atoms with E-state index in [0.29, 0.717) is 5.56 Å². The Kier molecular flexibility index (Phi) is 5.72. The summed E-state index contributed by atoms with van der Waals surface area (Å²) in [4.78, 5) is 0. The van der Waals surface area contributed by atoms with Crippen molar-refractivity contribution in [2.45, 2.75) is 26.2 Å². The molecule has 0 unspecified atom stereocenters. The fourth-order valence-electron chi connectivity index (χ4n) is 1.29. The molecule has 4 heteroatoms. The van der Waals surface area contributed by atoms with Gasteiger partial charge in [-0.2, -0.15) is 0 Å². The van der Waals surface area contributed by atoms with Gasteiger partial charge in [0, 0.05) is 5.56 Å². The monoisotopic (exact) mass is 241 g/mol. The van der Waals surface area contributed by atoms with Gasteiger partial charge in [0.05, 0.1) is 6.61 Å². The van der Waals surface area contributed by atoms with E-state index < -0.39 is 0 Å². The van der Waals surface area contributed by atoms with Crippen LogP contribution in [0.15, 0.2) is 29.4 Å². The molecule has 0 fully saturated rings. The SMILES string of the molecule is CCCCCOc1ccc(C(Cl)=NO)cc1. The van der Waals surface area contributed by atoms with Crippen LogP contribution in [0.2, 0.25) is 0 Å². The Morgan fingerprint density at radius 1 is 1.31 bits per heavy atom. The highest BCUT2D eigenvalue weighted by Crippen LogP contribution is 2.14. The summed E-state index contributed by atoms with van der Waals surface area (Å²) in [6, 6.07) is 7.15. The molecule has 0 bridgehead atoms. The third-order valence-electron chi connectivity index (χ3n) is 2.20. The Labute approximate surface area is 101 Å². The minimum Gasteiger partial charge on any atom is -0.494 e. The normalized spacial score (nSPS) is 11.5. The third-order valence-corrected chi connectivity index (χ3v) is 2.49. The maximum absolute atomic E-state index is 8.48. The number of benzene rings is 1. The summed E-state index contributed by atoms with van der Waals surface area (Å²) in [5, 5.41) is 11.5. The van der Waals surface area contributed by atoms with Gasteiger partial charge in [-0.05, 0) is 30.7 Å². The maximum atomic E-state index is 8.48.